The van der Waals surface area contributed by atoms with Crippen molar-refractivity contribution in [2.24, 2.45) is 0 Å². The number of aromatic nitrogens is 1. The molecule has 0 fully saturated rings. The molecule has 0 N–H and O–H groups in total. The standard InChI is InChI=1S/C15H17NO/c1-15(2,3)14-11-13(9-10-16-14)17-12-7-5-4-6-8-12/h4-11H,1-3H3. The number of para-hydroxylation sites is 1. The molecular weight excluding hydrogens is 210 g/mol. The zero-order valence-electron chi connectivity index (χ0n) is 10.5. The van der Waals surface area contributed by atoms with Gasteiger partial charge in [-0.25, -0.2) is 0 Å². The van der Waals surface area contributed by atoms with Gasteiger partial charge in [0.25, 0.3) is 0 Å². The van der Waals surface area contributed by atoms with Gasteiger partial charge in [-0.2, -0.15) is 0 Å². The third-order valence-corrected chi connectivity index (χ3v) is 2.48. The second-order valence-electron chi connectivity index (χ2n) is 5.04. The summed E-state index contributed by atoms with van der Waals surface area (Å²) in [6.07, 6.45) is 1.79. The van der Waals surface area contributed by atoms with Crippen molar-refractivity contribution in [1.82, 2.24) is 4.98 Å². The lowest BCUT2D eigenvalue weighted by Gasteiger charge is -2.18. The van der Waals surface area contributed by atoms with Gasteiger partial charge in [0.1, 0.15) is 11.5 Å². The van der Waals surface area contributed by atoms with E-state index in [0.29, 0.717) is 0 Å². The Morgan fingerprint density at radius 2 is 1.65 bits per heavy atom. The van der Waals surface area contributed by atoms with E-state index in [1.807, 2.05) is 42.5 Å². The van der Waals surface area contributed by atoms with Crippen molar-refractivity contribution >= 4 is 0 Å². The first-order valence-electron chi connectivity index (χ1n) is 5.75. The van der Waals surface area contributed by atoms with Crippen LogP contribution < -0.4 is 4.74 Å². The summed E-state index contributed by atoms with van der Waals surface area (Å²) in [5.74, 6) is 1.68. The Balaban J connectivity index is 2.23. The van der Waals surface area contributed by atoms with Crippen LogP contribution in [0.1, 0.15) is 26.5 Å². The summed E-state index contributed by atoms with van der Waals surface area (Å²) in [5.41, 5.74) is 1.07. The van der Waals surface area contributed by atoms with Crippen molar-refractivity contribution in [3.63, 3.8) is 0 Å². The summed E-state index contributed by atoms with van der Waals surface area (Å²) in [4.78, 5) is 4.37. The number of nitrogens with zero attached hydrogens (tertiary/aromatic N) is 1. The summed E-state index contributed by atoms with van der Waals surface area (Å²) in [6, 6.07) is 13.6. The number of rotatable bonds is 2. The molecule has 88 valence electrons. The van der Waals surface area contributed by atoms with E-state index in [1.54, 1.807) is 6.20 Å². The fraction of sp³-hybridized carbons (Fsp3) is 0.267. The molecule has 2 aromatic rings. The van der Waals surface area contributed by atoms with Crippen LogP contribution in [0.2, 0.25) is 0 Å². The molecule has 2 heteroatoms. The van der Waals surface area contributed by atoms with Crippen molar-refractivity contribution in [3.8, 4) is 11.5 Å². The Kier molecular flexibility index (Phi) is 3.14. The molecule has 0 spiro atoms. The molecule has 0 atom stereocenters. The maximum absolute atomic E-state index is 5.77. The molecule has 0 aliphatic rings. The van der Waals surface area contributed by atoms with Crippen molar-refractivity contribution < 1.29 is 4.74 Å². The predicted molar refractivity (Wildman–Crippen MR) is 69.5 cm³/mol. The molecule has 0 saturated carbocycles. The molecule has 0 bridgehead atoms. The first kappa shape index (κ1) is 11.6. The SMILES string of the molecule is CC(C)(C)c1cc(Oc2ccccc2)ccn1. The highest BCUT2D eigenvalue weighted by Crippen LogP contribution is 2.26. The molecular formula is C15H17NO. The highest BCUT2D eigenvalue weighted by molar-refractivity contribution is 5.32. The number of hydrogen-bond donors (Lipinski definition) is 0. The molecule has 2 rings (SSSR count). The average molecular weight is 227 g/mol. The van der Waals surface area contributed by atoms with Gasteiger partial charge in [0.2, 0.25) is 0 Å². The van der Waals surface area contributed by atoms with Gasteiger partial charge in [-0.15, -0.1) is 0 Å². The van der Waals surface area contributed by atoms with E-state index < -0.39 is 0 Å². The van der Waals surface area contributed by atoms with Crippen LogP contribution in [0.15, 0.2) is 48.7 Å². The fourth-order valence-electron chi connectivity index (χ4n) is 1.51. The maximum Gasteiger partial charge on any atom is 0.130 e. The molecule has 1 heterocycles. The second kappa shape index (κ2) is 4.58. The average Bonchev–Trinajstić information content (AvgIpc) is 2.29. The van der Waals surface area contributed by atoms with Crippen molar-refractivity contribution in [3.05, 3.63) is 54.4 Å². The van der Waals surface area contributed by atoms with Crippen molar-refractivity contribution in [2.75, 3.05) is 0 Å². The van der Waals surface area contributed by atoms with Crippen LogP contribution in [0, 0.1) is 0 Å². The highest BCUT2D eigenvalue weighted by Gasteiger charge is 2.15. The van der Waals surface area contributed by atoms with Crippen LogP contribution in [0.4, 0.5) is 0 Å². The lowest BCUT2D eigenvalue weighted by molar-refractivity contribution is 0.475. The zero-order chi connectivity index (χ0) is 12.3. The quantitative estimate of drug-likeness (QED) is 0.768. The van der Waals surface area contributed by atoms with Crippen molar-refractivity contribution in [1.29, 1.82) is 0 Å². The number of ether oxygens (including phenoxy) is 1. The molecule has 0 unspecified atom stereocenters. The minimum absolute atomic E-state index is 0.0378. The van der Waals surface area contributed by atoms with E-state index in [2.05, 4.69) is 25.8 Å². The zero-order valence-corrected chi connectivity index (χ0v) is 10.5. The van der Waals surface area contributed by atoms with Gasteiger partial charge in [0, 0.05) is 23.4 Å². The summed E-state index contributed by atoms with van der Waals surface area (Å²) in [6.45, 7) is 6.42. The van der Waals surface area contributed by atoms with Crippen LogP contribution in [0.3, 0.4) is 0 Å². The van der Waals surface area contributed by atoms with E-state index in [4.69, 9.17) is 4.74 Å². The highest BCUT2D eigenvalue weighted by atomic mass is 16.5. The Bertz CT molecular complexity index is 486. The molecule has 17 heavy (non-hydrogen) atoms. The number of pyridine rings is 1. The fourth-order valence-corrected chi connectivity index (χ4v) is 1.51. The van der Waals surface area contributed by atoms with Gasteiger partial charge in [-0.1, -0.05) is 39.0 Å². The molecule has 1 aromatic heterocycles. The molecule has 0 saturated heterocycles. The van der Waals surface area contributed by atoms with Crippen LogP contribution in [0.5, 0.6) is 11.5 Å². The van der Waals surface area contributed by atoms with E-state index in [-0.39, 0.29) is 5.41 Å². The third kappa shape index (κ3) is 3.06. The van der Waals surface area contributed by atoms with Gasteiger partial charge >= 0.3 is 0 Å². The van der Waals surface area contributed by atoms with E-state index in [1.165, 1.54) is 0 Å². The Labute approximate surface area is 102 Å². The molecule has 0 aliphatic heterocycles. The summed E-state index contributed by atoms with van der Waals surface area (Å²) < 4.78 is 5.77. The second-order valence-corrected chi connectivity index (χ2v) is 5.04. The molecule has 0 radical (unpaired) electrons. The van der Waals surface area contributed by atoms with Crippen LogP contribution in [-0.4, -0.2) is 4.98 Å². The first-order chi connectivity index (χ1) is 8.05. The number of benzene rings is 1. The summed E-state index contributed by atoms with van der Waals surface area (Å²) in [7, 11) is 0. The predicted octanol–water partition coefficient (Wildman–Crippen LogP) is 4.17. The molecule has 1 aromatic carbocycles. The van der Waals surface area contributed by atoms with Gasteiger partial charge in [0.05, 0.1) is 0 Å². The van der Waals surface area contributed by atoms with Crippen LogP contribution in [-0.2, 0) is 5.41 Å². The Hall–Kier alpha value is -1.83. The summed E-state index contributed by atoms with van der Waals surface area (Å²) >= 11 is 0. The minimum atomic E-state index is 0.0378. The normalized spacial score (nSPS) is 11.2. The lowest BCUT2D eigenvalue weighted by Crippen LogP contribution is -2.13. The van der Waals surface area contributed by atoms with Gasteiger partial charge in [-0.05, 0) is 18.2 Å². The maximum atomic E-state index is 5.77. The van der Waals surface area contributed by atoms with Crippen LogP contribution in [0.25, 0.3) is 0 Å². The lowest BCUT2D eigenvalue weighted by atomic mass is 9.92. The summed E-state index contributed by atoms with van der Waals surface area (Å²) in [5, 5.41) is 0. The van der Waals surface area contributed by atoms with Gasteiger partial charge < -0.3 is 4.74 Å². The van der Waals surface area contributed by atoms with E-state index >= 15 is 0 Å². The first-order valence-corrected chi connectivity index (χ1v) is 5.75. The van der Waals surface area contributed by atoms with E-state index in [9.17, 15) is 0 Å². The topological polar surface area (TPSA) is 22.1 Å². The Morgan fingerprint density at radius 1 is 0.941 bits per heavy atom. The Morgan fingerprint density at radius 3 is 2.29 bits per heavy atom. The minimum Gasteiger partial charge on any atom is -0.457 e. The monoisotopic (exact) mass is 227 g/mol. The van der Waals surface area contributed by atoms with Crippen LogP contribution >= 0.6 is 0 Å². The molecule has 2 nitrogen and oxygen atoms in total. The molecule has 0 aliphatic carbocycles. The van der Waals surface area contributed by atoms with Gasteiger partial charge in [-0.3, -0.25) is 4.98 Å². The van der Waals surface area contributed by atoms with E-state index in [0.717, 1.165) is 17.2 Å². The molecule has 0 amide bonds. The smallest absolute Gasteiger partial charge is 0.130 e. The van der Waals surface area contributed by atoms with Crippen molar-refractivity contribution in [2.45, 2.75) is 26.2 Å². The largest absolute Gasteiger partial charge is 0.457 e. The number of hydrogen-bond acceptors (Lipinski definition) is 2. The third-order valence-electron chi connectivity index (χ3n) is 2.48. The van der Waals surface area contributed by atoms with Gasteiger partial charge in [0.15, 0.2) is 0 Å².